The third-order valence-electron chi connectivity index (χ3n) is 0.957. The van der Waals surface area contributed by atoms with Gasteiger partial charge in [-0.15, -0.1) is 0 Å². The largest absolute Gasteiger partial charge is 2.00 e. The minimum Gasteiger partial charge on any atom is -1.00 e. The Bertz CT molecular complexity index is 26.5. The van der Waals surface area contributed by atoms with Gasteiger partial charge in [-0.05, 0) is 0 Å². The van der Waals surface area contributed by atoms with Gasteiger partial charge in [0.1, 0.15) is 0 Å². The Morgan fingerprint density at radius 3 is 0.909 bits per heavy atom. The van der Waals surface area contributed by atoms with Gasteiger partial charge in [0.2, 0.25) is 0 Å². The zero-order chi connectivity index (χ0) is 4.83. The van der Waals surface area contributed by atoms with E-state index in [4.69, 9.17) is 0 Å². The summed E-state index contributed by atoms with van der Waals surface area (Å²) in [7, 11) is 0. The van der Waals surface area contributed by atoms with Crippen LogP contribution in [-0.4, -0.2) is 0 Å². The molecule has 0 aromatic carbocycles. The van der Waals surface area contributed by atoms with Gasteiger partial charge in [-0.25, -0.2) is 0 Å². The van der Waals surface area contributed by atoms with E-state index in [1.165, 1.54) is 25.7 Å². The Morgan fingerprint density at radius 2 is 0.818 bits per heavy atom. The summed E-state index contributed by atoms with van der Waals surface area (Å²) in [6, 6.07) is 0. The maximum atomic E-state index is 2.23. The van der Waals surface area contributed by atoms with Gasteiger partial charge in [0.05, 0.1) is 0 Å². The van der Waals surface area contributed by atoms with Crippen molar-refractivity contribution >= 4 is 0 Å². The van der Waals surface area contributed by atoms with Crippen molar-refractivity contribution in [2.75, 3.05) is 0 Å². The number of hydrogen-bond donors (Lipinski definition) is 0. The molecule has 72 valence electrons. The molecule has 0 amide bonds. The fraction of sp³-hybridized carbons (Fsp3) is 1.00. The summed E-state index contributed by atoms with van der Waals surface area (Å²) in [5, 5.41) is 0. The van der Waals surface area contributed by atoms with Gasteiger partial charge in [-0.2, -0.15) is 0 Å². The van der Waals surface area contributed by atoms with Crippen LogP contribution < -0.4 is 49.6 Å². The summed E-state index contributed by atoms with van der Waals surface area (Å²) in [5.74, 6) is 0. The zero-order valence-electron chi connectivity index (χ0n) is 6.84. The van der Waals surface area contributed by atoms with Gasteiger partial charge in [0.25, 0.3) is 0 Å². The number of unbranched alkanes of at least 4 members (excludes halogenated alkanes) is 3. The molecular formula is C6H14Cl4Ti-2. The number of hydrogen-bond acceptors (Lipinski definition) is 0. The molecule has 0 atom stereocenters. The Hall–Kier alpha value is 1.87. The first kappa shape index (κ1) is 38.4. The maximum absolute atomic E-state index is 2.23. The fourth-order valence-electron chi connectivity index (χ4n) is 0.500. The van der Waals surface area contributed by atoms with Crippen LogP contribution in [0.2, 0.25) is 0 Å². The second-order valence-electron chi connectivity index (χ2n) is 1.71. The topological polar surface area (TPSA) is 0 Å². The third-order valence-corrected chi connectivity index (χ3v) is 0.957. The van der Waals surface area contributed by atoms with E-state index in [0.717, 1.165) is 0 Å². The van der Waals surface area contributed by atoms with Crippen LogP contribution in [0.25, 0.3) is 0 Å². The predicted molar refractivity (Wildman–Crippen MR) is 29.8 cm³/mol. The molecule has 0 heterocycles. The first-order chi connectivity index (χ1) is 2.91. The van der Waals surface area contributed by atoms with E-state index in [-0.39, 0.29) is 71.3 Å². The molecule has 0 fully saturated rings. The number of halogens is 4. The minimum atomic E-state index is 0. The van der Waals surface area contributed by atoms with Crippen molar-refractivity contribution < 1.29 is 71.3 Å². The summed E-state index contributed by atoms with van der Waals surface area (Å²) in [4.78, 5) is 0. The molecular weight excluding hydrogens is 262 g/mol. The van der Waals surface area contributed by atoms with Crippen LogP contribution in [0, 0.1) is 0 Å². The summed E-state index contributed by atoms with van der Waals surface area (Å²) in [5.41, 5.74) is 0. The second-order valence-corrected chi connectivity index (χ2v) is 1.71. The Labute approximate surface area is 110 Å². The molecule has 0 aromatic heterocycles. The third kappa shape index (κ3) is 48.7. The molecule has 0 aliphatic heterocycles. The molecule has 5 heteroatoms. The molecule has 0 saturated heterocycles. The van der Waals surface area contributed by atoms with Crippen molar-refractivity contribution in [2.24, 2.45) is 0 Å². The van der Waals surface area contributed by atoms with E-state index in [1.54, 1.807) is 0 Å². The van der Waals surface area contributed by atoms with Crippen molar-refractivity contribution in [1.82, 2.24) is 0 Å². The van der Waals surface area contributed by atoms with E-state index in [2.05, 4.69) is 13.8 Å². The maximum Gasteiger partial charge on any atom is 2.00 e. The zero-order valence-corrected chi connectivity index (χ0v) is 11.4. The van der Waals surface area contributed by atoms with Crippen LogP contribution in [0.3, 0.4) is 0 Å². The van der Waals surface area contributed by atoms with Crippen molar-refractivity contribution in [3.63, 3.8) is 0 Å². The van der Waals surface area contributed by atoms with E-state index < -0.39 is 0 Å². The van der Waals surface area contributed by atoms with Crippen LogP contribution in [0.4, 0.5) is 0 Å². The summed E-state index contributed by atoms with van der Waals surface area (Å²) < 4.78 is 0. The van der Waals surface area contributed by atoms with E-state index >= 15 is 0 Å². The molecule has 0 aliphatic rings. The predicted octanol–water partition coefficient (Wildman–Crippen LogP) is -9.40. The summed E-state index contributed by atoms with van der Waals surface area (Å²) >= 11 is 0. The molecule has 11 heavy (non-hydrogen) atoms. The van der Waals surface area contributed by atoms with Gasteiger partial charge >= 0.3 is 21.7 Å². The molecule has 0 aromatic rings. The molecule has 0 N–H and O–H groups in total. The van der Waals surface area contributed by atoms with E-state index in [1.807, 2.05) is 0 Å². The van der Waals surface area contributed by atoms with Gasteiger partial charge < -0.3 is 49.6 Å². The van der Waals surface area contributed by atoms with Gasteiger partial charge in [-0.3, -0.25) is 0 Å². The normalized spacial score (nSPS) is 4.91. The molecule has 0 spiro atoms. The second kappa shape index (κ2) is 40.7. The van der Waals surface area contributed by atoms with Crippen LogP contribution in [-0.2, 0) is 21.7 Å². The standard InChI is InChI=1S/C6H14.4ClH.Ti/c1-3-5-6-4-2;;;;;/h3-6H2,1-2H3;4*1H;/q;;;;;+2/p-4. The first-order valence-corrected chi connectivity index (χ1v) is 2.91. The van der Waals surface area contributed by atoms with Gasteiger partial charge in [-0.1, -0.05) is 39.5 Å². The molecule has 0 aliphatic carbocycles. The number of rotatable bonds is 3. The Kier molecular flexibility index (Phi) is 142. The average molecular weight is 276 g/mol. The average Bonchev–Trinajstić information content (AvgIpc) is 1.61. The van der Waals surface area contributed by atoms with Crippen molar-refractivity contribution in [3.8, 4) is 0 Å². The van der Waals surface area contributed by atoms with Crippen molar-refractivity contribution in [1.29, 1.82) is 0 Å². The molecule has 0 nitrogen and oxygen atoms in total. The Balaban J connectivity index is -0.0000000125. The summed E-state index contributed by atoms with van der Waals surface area (Å²) in [6.07, 6.45) is 5.54. The SMILES string of the molecule is CCCCCC.[Cl-].[Cl-].[Cl-].[Cl-].[Ti+2]. The van der Waals surface area contributed by atoms with Crippen LogP contribution in [0.5, 0.6) is 0 Å². The molecule has 0 rings (SSSR count). The molecule has 0 saturated carbocycles. The monoisotopic (exact) mass is 274 g/mol. The van der Waals surface area contributed by atoms with Crippen LogP contribution in [0.1, 0.15) is 39.5 Å². The Morgan fingerprint density at radius 1 is 0.636 bits per heavy atom. The van der Waals surface area contributed by atoms with Gasteiger partial charge in [0.15, 0.2) is 0 Å². The van der Waals surface area contributed by atoms with E-state index in [9.17, 15) is 0 Å². The molecule has 0 bridgehead atoms. The van der Waals surface area contributed by atoms with Crippen molar-refractivity contribution in [3.05, 3.63) is 0 Å². The van der Waals surface area contributed by atoms with Crippen LogP contribution in [0.15, 0.2) is 0 Å². The molecule has 0 unspecified atom stereocenters. The minimum absolute atomic E-state index is 0. The molecule has 0 radical (unpaired) electrons. The first-order valence-electron chi connectivity index (χ1n) is 2.91. The smallest absolute Gasteiger partial charge is 1.00 e. The quantitative estimate of drug-likeness (QED) is 0.355. The summed E-state index contributed by atoms with van der Waals surface area (Å²) in [6.45, 7) is 4.46. The fourth-order valence-corrected chi connectivity index (χ4v) is 0.500. The van der Waals surface area contributed by atoms with Crippen LogP contribution >= 0.6 is 0 Å². The van der Waals surface area contributed by atoms with E-state index in [0.29, 0.717) is 0 Å². The van der Waals surface area contributed by atoms with Crippen molar-refractivity contribution in [2.45, 2.75) is 39.5 Å². The van der Waals surface area contributed by atoms with Gasteiger partial charge in [0, 0.05) is 0 Å².